The lowest BCUT2D eigenvalue weighted by molar-refractivity contribution is -0.115. The molecule has 0 atom stereocenters. The Balaban J connectivity index is 1.74. The van der Waals surface area contributed by atoms with Crippen LogP contribution in [0.4, 0.5) is 0 Å². The number of hydrogen-bond donors (Lipinski definition) is 2. The van der Waals surface area contributed by atoms with Crippen molar-refractivity contribution in [2.45, 2.75) is 6.42 Å². The number of carbonyl (C=O) groups is 1. The zero-order chi connectivity index (χ0) is 16.5. The molecular formula is C18H17ClN2OS. The molecule has 3 nitrogen and oxygen atoms in total. The van der Waals surface area contributed by atoms with Crippen molar-refractivity contribution in [3.8, 4) is 0 Å². The van der Waals surface area contributed by atoms with E-state index in [4.69, 9.17) is 23.8 Å². The monoisotopic (exact) mass is 344 g/mol. The number of hydrogen-bond acceptors (Lipinski definition) is 2. The highest BCUT2D eigenvalue weighted by Gasteiger charge is 2.01. The van der Waals surface area contributed by atoms with Gasteiger partial charge in [0.1, 0.15) is 0 Å². The van der Waals surface area contributed by atoms with E-state index in [1.165, 1.54) is 11.6 Å². The van der Waals surface area contributed by atoms with Gasteiger partial charge in [0, 0.05) is 17.6 Å². The summed E-state index contributed by atoms with van der Waals surface area (Å²) in [6, 6.07) is 17.4. The first-order chi connectivity index (χ1) is 11.1. The molecule has 23 heavy (non-hydrogen) atoms. The van der Waals surface area contributed by atoms with E-state index in [1.807, 2.05) is 36.4 Å². The van der Waals surface area contributed by atoms with Gasteiger partial charge in [-0.15, -0.1) is 0 Å². The fourth-order valence-electron chi connectivity index (χ4n) is 1.94. The molecule has 0 fully saturated rings. The molecule has 0 aromatic heterocycles. The van der Waals surface area contributed by atoms with Gasteiger partial charge in [-0.3, -0.25) is 10.1 Å². The molecule has 2 aromatic carbocycles. The van der Waals surface area contributed by atoms with Crippen molar-refractivity contribution >= 4 is 40.9 Å². The molecule has 5 heteroatoms. The summed E-state index contributed by atoms with van der Waals surface area (Å²) in [6.45, 7) is 0.664. The van der Waals surface area contributed by atoms with E-state index in [-0.39, 0.29) is 5.91 Å². The third kappa shape index (κ3) is 6.22. The fraction of sp³-hybridized carbons (Fsp3) is 0.111. The average molecular weight is 345 g/mol. The molecule has 0 radical (unpaired) electrons. The van der Waals surface area contributed by atoms with Crippen molar-refractivity contribution < 1.29 is 4.79 Å². The quantitative estimate of drug-likeness (QED) is 0.643. The summed E-state index contributed by atoms with van der Waals surface area (Å²) in [6.07, 6.45) is 3.91. The van der Waals surface area contributed by atoms with E-state index in [1.54, 1.807) is 12.1 Å². The maximum atomic E-state index is 11.8. The molecule has 0 saturated heterocycles. The van der Waals surface area contributed by atoms with E-state index in [0.29, 0.717) is 16.7 Å². The van der Waals surface area contributed by atoms with Crippen molar-refractivity contribution in [2.75, 3.05) is 6.54 Å². The van der Waals surface area contributed by atoms with Gasteiger partial charge in [0.2, 0.25) is 5.91 Å². The van der Waals surface area contributed by atoms with Crippen molar-refractivity contribution in [3.63, 3.8) is 0 Å². The molecule has 2 aromatic rings. The van der Waals surface area contributed by atoms with Gasteiger partial charge in [-0.1, -0.05) is 60.1 Å². The van der Waals surface area contributed by atoms with Crippen LogP contribution in [0.2, 0.25) is 5.02 Å². The molecule has 0 unspecified atom stereocenters. The molecule has 0 aliphatic carbocycles. The SMILES string of the molecule is O=C(C=Cc1ccccc1Cl)NC(=S)NCCc1ccccc1. The molecule has 118 valence electrons. The summed E-state index contributed by atoms with van der Waals surface area (Å²) in [5.74, 6) is -0.290. The Bertz CT molecular complexity index is 701. The van der Waals surface area contributed by atoms with E-state index in [9.17, 15) is 4.79 Å². The molecule has 0 heterocycles. The Morgan fingerprint density at radius 3 is 2.52 bits per heavy atom. The lowest BCUT2D eigenvalue weighted by Gasteiger charge is -2.08. The molecular weight excluding hydrogens is 328 g/mol. The van der Waals surface area contributed by atoms with Crippen LogP contribution in [0.5, 0.6) is 0 Å². The van der Waals surface area contributed by atoms with Gasteiger partial charge in [0.05, 0.1) is 0 Å². The number of rotatable bonds is 5. The summed E-state index contributed by atoms with van der Waals surface area (Å²) in [4.78, 5) is 11.8. The third-order valence-corrected chi connectivity index (χ3v) is 3.69. The Hall–Kier alpha value is -2.17. The molecule has 0 aliphatic rings. The highest BCUT2D eigenvalue weighted by Crippen LogP contribution is 2.15. The van der Waals surface area contributed by atoms with Crippen LogP contribution in [0.25, 0.3) is 6.08 Å². The number of halogens is 1. The second-order valence-corrected chi connectivity index (χ2v) is 5.65. The molecule has 0 bridgehead atoms. The predicted molar refractivity (Wildman–Crippen MR) is 99.4 cm³/mol. The summed E-state index contributed by atoms with van der Waals surface area (Å²) in [5, 5.41) is 6.53. The Labute approximate surface area is 146 Å². The van der Waals surface area contributed by atoms with E-state index >= 15 is 0 Å². The minimum atomic E-state index is -0.290. The van der Waals surface area contributed by atoms with Crippen molar-refractivity contribution in [2.24, 2.45) is 0 Å². The lowest BCUT2D eigenvalue weighted by atomic mass is 10.1. The smallest absolute Gasteiger partial charge is 0.250 e. The van der Waals surface area contributed by atoms with Crippen LogP contribution in [-0.2, 0) is 11.2 Å². The van der Waals surface area contributed by atoms with Gasteiger partial charge in [-0.2, -0.15) is 0 Å². The highest BCUT2D eigenvalue weighted by atomic mass is 35.5. The summed E-state index contributed by atoms with van der Waals surface area (Å²) < 4.78 is 0. The van der Waals surface area contributed by atoms with Crippen LogP contribution < -0.4 is 10.6 Å². The Morgan fingerprint density at radius 1 is 1.09 bits per heavy atom. The van der Waals surface area contributed by atoms with Gasteiger partial charge < -0.3 is 5.32 Å². The van der Waals surface area contributed by atoms with Crippen LogP contribution >= 0.6 is 23.8 Å². The highest BCUT2D eigenvalue weighted by molar-refractivity contribution is 7.80. The Morgan fingerprint density at radius 2 is 1.78 bits per heavy atom. The second kappa shape index (κ2) is 9.08. The molecule has 1 amide bonds. The average Bonchev–Trinajstić information content (AvgIpc) is 2.55. The van der Waals surface area contributed by atoms with Crippen molar-refractivity contribution in [3.05, 3.63) is 76.8 Å². The van der Waals surface area contributed by atoms with Gasteiger partial charge in [-0.25, -0.2) is 0 Å². The standard InChI is InChI=1S/C18H17ClN2OS/c19-16-9-5-4-8-15(16)10-11-17(22)21-18(23)20-13-12-14-6-2-1-3-7-14/h1-11H,12-13H2,(H2,20,21,22,23). The number of nitrogens with one attached hydrogen (secondary N) is 2. The zero-order valence-electron chi connectivity index (χ0n) is 12.5. The zero-order valence-corrected chi connectivity index (χ0v) is 14.0. The van der Waals surface area contributed by atoms with Crippen LogP contribution in [0.15, 0.2) is 60.7 Å². The summed E-state index contributed by atoms with van der Waals surface area (Å²) in [5.41, 5.74) is 2.00. The van der Waals surface area contributed by atoms with Gasteiger partial charge in [0.15, 0.2) is 5.11 Å². The number of benzene rings is 2. The largest absolute Gasteiger partial charge is 0.362 e. The maximum absolute atomic E-state index is 11.8. The second-order valence-electron chi connectivity index (χ2n) is 4.84. The summed E-state index contributed by atoms with van der Waals surface area (Å²) in [7, 11) is 0. The van der Waals surface area contributed by atoms with Crippen LogP contribution in [-0.4, -0.2) is 17.6 Å². The van der Waals surface area contributed by atoms with Crippen LogP contribution in [0.3, 0.4) is 0 Å². The maximum Gasteiger partial charge on any atom is 0.250 e. The molecule has 0 saturated carbocycles. The summed E-state index contributed by atoms with van der Waals surface area (Å²) >= 11 is 11.1. The van der Waals surface area contributed by atoms with Crippen molar-refractivity contribution in [1.29, 1.82) is 0 Å². The molecule has 0 spiro atoms. The van der Waals surface area contributed by atoms with Gasteiger partial charge in [-0.05, 0) is 41.9 Å². The first-order valence-electron chi connectivity index (χ1n) is 7.20. The van der Waals surface area contributed by atoms with E-state index in [0.717, 1.165) is 12.0 Å². The van der Waals surface area contributed by atoms with E-state index in [2.05, 4.69) is 22.8 Å². The van der Waals surface area contributed by atoms with Gasteiger partial charge in [0.25, 0.3) is 0 Å². The molecule has 2 N–H and O–H groups in total. The lowest BCUT2D eigenvalue weighted by Crippen LogP contribution is -2.39. The normalized spacial score (nSPS) is 10.5. The number of carbonyl (C=O) groups excluding carboxylic acids is 1. The molecule has 2 rings (SSSR count). The first kappa shape index (κ1) is 17.2. The van der Waals surface area contributed by atoms with E-state index < -0.39 is 0 Å². The van der Waals surface area contributed by atoms with Crippen LogP contribution in [0.1, 0.15) is 11.1 Å². The topological polar surface area (TPSA) is 41.1 Å². The number of thiocarbonyl (C=S) groups is 1. The van der Waals surface area contributed by atoms with Gasteiger partial charge >= 0.3 is 0 Å². The predicted octanol–water partition coefficient (Wildman–Crippen LogP) is 3.59. The third-order valence-electron chi connectivity index (χ3n) is 3.10. The number of amides is 1. The minimum Gasteiger partial charge on any atom is -0.362 e. The van der Waals surface area contributed by atoms with Crippen LogP contribution in [0, 0.1) is 0 Å². The first-order valence-corrected chi connectivity index (χ1v) is 7.99. The molecule has 0 aliphatic heterocycles. The Kier molecular flexibility index (Phi) is 6.78. The van der Waals surface area contributed by atoms with Crippen molar-refractivity contribution in [1.82, 2.24) is 10.6 Å². The minimum absolute atomic E-state index is 0.290. The fourth-order valence-corrected chi connectivity index (χ4v) is 2.34.